The van der Waals surface area contributed by atoms with E-state index in [1.54, 1.807) is 24.3 Å². The van der Waals surface area contributed by atoms with E-state index in [2.05, 4.69) is 5.32 Å². The van der Waals surface area contributed by atoms with Crippen molar-refractivity contribution < 1.29 is 8.78 Å². The molecule has 1 nitrogen and oxygen atoms in total. The van der Waals surface area contributed by atoms with E-state index in [9.17, 15) is 8.78 Å². The Bertz CT molecular complexity index is 638. The molecule has 0 bridgehead atoms. The summed E-state index contributed by atoms with van der Waals surface area (Å²) in [5.74, 6) is -1.65. The average molecular weight is 294 g/mol. The van der Waals surface area contributed by atoms with Crippen LogP contribution in [0.5, 0.6) is 0 Å². The number of hydrogen-bond donors (Lipinski definition) is 1. The van der Waals surface area contributed by atoms with Crippen LogP contribution < -0.4 is 5.32 Å². The molecule has 1 aliphatic rings. The number of hydrogen-bond acceptors (Lipinski definition) is 1. The van der Waals surface area contributed by atoms with E-state index >= 15 is 0 Å². The van der Waals surface area contributed by atoms with Crippen LogP contribution in [-0.2, 0) is 6.54 Å². The summed E-state index contributed by atoms with van der Waals surface area (Å²) in [4.78, 5) is 0. The van der Waals surface area contributed by atoms with Gasteiger partial charge in [-0.2, -0.15) is 0 Å². The topological polar surface area (TPSA) is 12.0 Å². The molecule has 1 aliphatic carbocycles. The van der Waals surface area contributed by atoms with Gasteiger partial charge in [-0.25, -0.2) is 8.78 Å². The van der Waals surface area contributed by atoms with E-state index in [-0.39, 0.29) is 5.56 Å². The van der Waals surface area contributed by atoms with Crippen LogP contribution in [0.25, 0.3) is 11.1 Å². The van der Waals surface area contributed by atoms with Gasteiger partial charge in [-0.05, 0) is 42.2 Å². The zero-order chi connectivity index (χ0) is 14.1. The Morgan fingerprint density at radius 1 is 1.10 bits per heavy atom. The predicted molar refractivity (Wildman–Crippen MR) is 76.7 cm³/mol. The van der Waals surface area contributed by atoms with Crippen LogP contribution in [0.3, 0.4) is 0 Å². The van der Waals surface area contributed by atoms with Crippen molar-refractivity contribution in [2.24, 2.45) is 0 Å². The van der Waals surface area contributed by atoms with E-state index in [0.717, 1.165) is 11.6 Å². The molecular formula is C16H14ClF2N. The Morgan fingerprint density at radius 3 is 2.65 bits per heavy atom. The molecule has 1 saturated carbocycles. The minimum Gasteiger partial charge on any atom is -0.310 e. The van der Waals surface area contributed by atoms with Crippen LogP contribution in [0.2, 0.25) is 5.02 Å². The van der Waals surface area contributed by atoms with Crippen LogP contribution >= 0.6 is 11.6 Å². The van der Waals surface area contributed by atoms with Gasteiger partial charge in [-0.1, -0.05) is 29.8 Å². The molecular weight excluding hydrogens is 280 g/mol. The van der Waals surface area contributed by atoms with E-state index in [4.69, 9.17) is 11.6 Å². The predicted octanol–water partition coefficient (Wildman–Crippen LogP) is 4.54. The van der Waals surface area contributed by atoms with Crippen LogP contribution in [0.4, 0.5) is 8.78 Å². The Morgan fingerprint density at radius 2 is 1.90 bits per heavy atom. The molecule has 1 N–H and O–H groups in total. The van der Waals surface area contributed by atoms with Crippen LogP contribution in [0.15, 0.2) is 36.4 Å². The first-order valence-electron chi connectivity index (χ1n) is 6.61. The van der Waals surface area contributed by atoms with Crippen molar-refractivity contribution in [1.82, 2.24) is 5.32 Å². The smallest absolute Gasteiger partial charge is 0.166 e. The molecule has 20 heavy (non-hydrogen) atoms. The Hall–Kier alpha value is -1.45. The van der Waals surface area contributed by atoms with Crippen molar-refractivity contribution in [3.8, 4) is 11.1 Å². The molecule has 4 heteroatoms. The van der Waals surface area contributed by atoms with Gasteiger partial charge in [0.1, 0.15) is 0 Å². The van der Waals surface area contributed by atoms with Gasteiger partial charge in [0.2, 0.25) is 0 Å². The maximum atomic E-state index is 14.0. The standard InChI is InChI=1S/C16H14ClF2N/c17-11-4-7-13(10(8-11)9-20-12-5-6-12)14-2-1-3-15(18)16(14)19/h1-4,7-8,12,20H,5-6,9H2. The summed E-state index contributed by atoms with van der Waals surface area (Å²) in [7, 11) is 0. The minimum absolute atomic E-state index is 0.272. The zero-order valence-corrected chi connectivity index (χ0v) is 11.6. The SMILES string of the molecule is Fc1cccc(-c2ccc(Cl)cc2CNC2CC2)c1F. The molecule has 0 atom stereocenters. The number of halogens is 3. The number of rotatable bonds is 4. The number of nitrogens with one attached hydrogen (secondary N) is 1. The van der Waals surface area contributed by atoms with Crippen molar-refractivity contribution in [3.63, 3.8) is 0 Å². The summed E-state index contributed by atoms with van der Waals surface area (Å²) >= 11 is 6.01. The van der Waals surface area contributed by atoms with E-state index in [1.807, 2.05) is 0 Å². The summed E-state index contributed by atoms with van der Waals surface area (Å²) in [6.07, 6.45) is 2.34. The first-order valence-corrected chi connectivity index (χ1v) is 6.99. The maximum Gasteiger partial charge on any atom is 0.166 e. The van der Waals surface area contributed by atoms with Gasteiger partial charge in [-0.15, -0.1) is 0 Å². The van der Waals surface area contributed by atoms with Gasteiger partial charge in [-0.3, -0.25) is 0 Å². The monoisotopic (exact) mass is 293 g/mol. The molecule has 104 valence electrons. The fraction of sp³-hybridized carbons (Fsp3) is 0.250. The molecule has 0 saturated heterocycles. The van der Waals surface area contributed by atoms with E-state index in [0.29, 0.717) is 23.2 Å². The van der Waals surface area contributed by atoms with Gasteiger partial charge < -0.3 is 5.32 Å². The summed E-state index contributed by atoms with van der Waals surface area (Å²) < 4.78 is 27.3. The summed E-state index contributed by atoms with van der Waals surface area (Å²) in [6.45, 7) is 0.608. The van der Waals surface area contributed by atoms with E-state index in [1.165, 1.54) is 18.9 Å². The third-order valence-corrected chi connectivity index (χ3v) is 3.70. The quantitative estimate of drug-likeness (QED) is 0.873. The lowest BCUT2D eigenvalue weighted by Crippen LogP contribution is -2.16. The zero-order valence-electron chi connectivity index (χ0n) is 10.8. The molecule has 0 aromatic heterocycles. The normalized spacial score (nSPS) is 14.6. The lowest BCUT2D eigenvalue weighted by molar-refractivity contribution is 0.511. The second-order valence-corrected chi connectivity index (χ2v) is 5.49. The fourth-order valence-electron chi connectivity index (χ4n) is 2.22. The highest BCUT2D eigenvalue weighted by molar-refractivity contribution is 6.30. The molecule has 0 aliphatic heterocycles. The average Bonchev–Trinajstić information content (AvgIpc) is 3.24. The fourth-order valence-corrected chi connectivity index (χ4v) is 2.42. The third-order valence-electron chi connectivity index (χ3n) is 3.47. The highest BCUT2D eigenvalue weighted by Gasteiger charge is 2.21. The molecule has 2 aromatic carbocycles. The summed E-state index contributed by atoms with van der Waals surface area (Å²) in [5, 5.41) is 3.97. The second kappa shape index (κ2) is 5.51. The molecule has 0 spiro atoms. The third kappa shape index (κ3) is 2.84. The van der Waals surface area contributed by atoms with Gasteiger partial charge in [0.25, 0.3) is 0 Å². The van der Waals surface area contributed by atoms with Gasteiger partial charge in [0.15, 0.2) is 11.6 Å². The van der Waals surface area contributed by atoms with Crippen molar-refractivity contribution in [3.05, 3.63) is 58.6 Å². The summed E-state index contributed by atoms with van der Waals surface area (Å²) in [6, 6.07) is 10.0. The van der Waals surface area contributed by atoms with Gasteiger partial charge in [0.05, 0.1) is 0 Å². The molecule has 0 heterocycles. The maximum absolute atomic E-state index is 14.0. The first-order chi connectivity index (χ1) is 9.65. The minimum atomic E-state index is -0.835. The second-order valence-electron chi connectivity index (χ2n) is 5.06. The first kappa shape index (κ1) is 13.5. The highest BCUT2D eigenvalue weighted by Crippen LogP contribution is 2.30. The van der Waals surface area contributed by atoms with Crippen LogP contribution in [0, 0.1) is 11.6 Å². The van der Waals surface area contributed by atoms with Crippen molar-refractivity contribution in [2.45, 2.75) is 25.4 Å². The molecule has 2 aromatic rings. The number of benzene rings is 2. The van der Waals surface area contributed by atoms with E-state index < -0.39 is 11.6 Å². The van der Waals surface area contributed by atoms with Crippen molar-refractivity contribution in [2.75, 3.05) is 0 Å². The van der Waals surface area contributed by atoms with Gasteiger partial charge >= 0.3 is 0 Å². The van der Waals surface area contributed by atoms with Crippen LogP contribution in [0.1, 0.15) is 18.4 Å². The van der Waals surface area contributed by atoms with Crippen molar-refractivity contribution >= 4 is 11.6 Å². The molecule has 0 amide bonds. The highest BCUT2D eigenvalue weighted by atomic mass is 35.5. The molecule has 0 unspecified atom stereocenters. The Kier molecular flexibility index (Phi) is 3.72. The summed E-state index contributed by atoms with van der Waals surface area (Å²) in [5.41, 5.74) is 1.84. The lowest BCUT2D eigenvalue weighted by atomic mass is 9.99. The van der Waals surface area contributed by atoms with Gasteiger partial charge in [0, 0.05) is 23.2 Å². The Labute approximate surface area is 121 Å². The molecule has 3 rings (SSSR count). The van der Waals surface area contributed by atoms with Crippen LogP contribution in [-0.4, -0.2) is 6.04 Å². The molecule has 1 fully saturated rings. The lowest BCUT2D eigenvalue weighted by Gasteiger charge is -2.12. The molecule has 0 radical (unpaired) electrons. The van der Waals surface area contributed by atoms with Crippen molar-refractivity contribution in [1.29, 1.82) is 0 Å². The Balaban J connectivity index is 2.00. The largest absolute Gasteiger partial charge is 0.310 e.